The highest BCUT2D eigenvalue weighted by atomic mass is 35.5. The number of carbonyl (C=O) groups is 1. The molecule has 1 N–H and O–H groups in total. The van der Waals surface area contributed by atoms with Crippen LogP contribution in [0.1, 0.15) is 22.5 Å². The molecule has 1 saturated heterocycles. The topological polar surface area (TPSA) is 32.3 Å². The van der Waals surface area contributed by atoms with Crippen LogP contribution in [-0.4, -0.2) is 37.0 Å². The second-order valence-corrected chi connectivity index (χ2v) is 5.67. The van der Waals surface area contributed by atoms with Crippen molar-refractivity contribution in [1.82, 2.24) is 10.2 Å². The molecule has 1 atom stereocenters. The van der Waals surface area contributed by atoms with Crippen molar-refractivity contribution in [3.05, 3.63) is 21.3 Å². The second-order valence-electron chi connectivity index (χ2n) is 3.96. The number of amides is 1. The van der Waals surface area contributed by atoms with Crippen molar-refractivity contribution in [2.24, 2.45) is 0 Å². The lowest BCUT2D eigenvalue weighted by Gasteiger charge is -2.23. The monoisotopic (exact) mass is 294 g/mol. The normalized spacial score (nSPS) is 19.2. The number of hydrogen-bond donors (Lipinski definition) is 1. The lowest BCUT2D eigenvalue weighted by Crippen LogP contribution is -2.40. The molecule has 1 aliphatic heterocycles. The molecular weight excluding hydrogens is 279 g/mol. The molecule has 3 nitrogen and oxygen atoms in total. The Hall–Kier alpha value is -0.290. The molecule has 0 radical (unpaired) electrons. The summed E-state index contributed by atoms with van der Waals surface area (Å²) in [7, 11) is 1.92. The summed E-state index contributed by atoms with van der Waals surface area (Å²) in [6.07, 6.45) is 2.18. The summed E-state index contributed by atoms with van der Waals surface area (Å²) in [5.41, 5.74) is 0. The van der Waals surface area contributed by atoms with Crippen molar-refractivity contribution >= 4 is 41.3 Å². The van der Waals surface area contributed by atoms with Gasteiger partial charge in [-0.05, 0) is 32.0 Å². The van der Waals surface area contributed by atoms with Crippen LogP contribution < -0.4 is 5.32 Å². The van der Waals surface area contributed by atoms with E-state index in [0.29, 0.717) is 10.4 Å². The highest BCUT2D eigenvalue weighted by Gasteiger charge is 2.29. The number of carbonyl (C=O) groups excluding carboxylic acids is 1. The molecule has 0 bridgehead atoms. The van der Waals surface area contributed by atoms with Crippen molar-refractivity contribution in [1.29, 1.82) is 0 Å². The van der Waals surface area contributed by atoms with Crippen molar-refractivity contribution < 1.29 is 4.79 Å². The van der Waals surface area contributed by atoms with Gasteiger partial charge in [0.25, 0.3) is 5.91 Å². The van der Waals surface area contributed by atoms with Gasteiger partial charge < -0.3 is 10.2 Å². The van der Waals surface area contributed by atoms with E-state index in [2.05, 4.69) is 5.32 Å². The van der Waals surface area contributed by atoms with E-state index in [9.17, 15) is 4.79 Å². The van der Waals surface area contributed by atoms with Gasteiger partial charge in [-0.3, -0.25) is 4.79 Å². The minimum atomic E-state index is 0. The molecule has 1 aromatic rings. The maximum atomic E-state index is 12.2. The first kappa shape index (κ1) is 14.8. The first-order chi connectivity index (χ1) is 7.72. The molecule has 1 amide bonds. The van der Waals surface area contributed by atoms with E-state index in [1.54, 1.807) is 6.07 Å². The first-order valence-corrected chi connectivity index (χ1v) is 6.62. The van der Waals surface area contributed by atoms with Gasteiger partial charge in [-0.15, -0.1) is 23.7 Å². The fourth-order valence-electron chi connectivity index (χ4n) is 2.12. The third-order valence-corrected chi connectivity index (χ3v) is 4.08. The fraction of sp³-hybridized carbons (Fsp3) is 0.545. The van der Waals surface area contributed by atoms with Crippen molar-refractivity contribution in [2.75, 3.05) is 20.1 Å². The van der Waals surface area contributed by atoms with Crippen LogP contribution in [-0.2, 0) is 0 Å². The molecule has 0 aliphatic carbocycles. The molecule has 1 unspecified atom stereocenters. The van der Waals surface area contributed by atoms with Crippen LogP contribution in [0.2, 0.25) is 4.34 Å². The Labute approximate surface area is 117 Å². The third kappa shape index (κ3) is 3.35. The molecule has 1 fully saturated rings. The van der Waals surface area contributed by atoms with Crippen LogP contribution in [0.15, 0.2) is 12.1 Å². The Kier molecular flexibility index (Phi) is 5.73. The molecular formula is C11H16Cl2N2OS. The Bertz CT molecular complexity index is 383. The highest BCUT2D eigenvalue weighted by molar-refractivity contribution is 7.17. The zero-order valence-electron chi connectivity index (χ0n) is 9.61. The minimum Gasteiger partial charge on any atom is -0.334 e. The number of halogens is 2. The van der Waals surface area contributed by atoms with Crippen LogP contribution in [0.3, 0.4) is 0 Å². The van der Waals surface area contributed by atoms with Crippen LogP contribution in [0.5, 0.6) is 0 Å². The fourth-order valence-corrected chi connectivity index (χ4v) is 3.12. The van der Waals surface area contributed by atoms with Crippen LogP contribution in [0.25, 0.3) is 0 Å². The summed E-state index contributed by atoms with van der Waals surface area (Å²) in [4.78, 5) is 14.9. The van der Waals surface area contributed by atoms with Gasteiger partial charge in [0.1, 0.15) is 0 Å². The van der Waals surface area contributed by atoms with Crippen molar-refractivity contribution in [2.45, 2.75) is 18.9 Å². The molecule has 2 heterocycles. The number of likely N-dealkylation sites (tertiary alicyclic amines) is 1. The van der Waals surface area contributed by atoms with Gasteiger partial charge >= 0.3 is 0 Å². The number of thiophene rings is 1. The van der Waals surface area contributed by atoms with E-state index >= 15 is 0 Å². The molecule has 0 aromatic carbocycles. The Morgan fingerprint density at radius 2 is 2.41 bits per heavy atom. The molecule has 17 heavy (non-hydrogen) atoms. The smallest absolute Gasteiger partial charge is 0.264 e. The van der Waals surface area contributed by atoms with Gasteiger partial charge in [-0.1, -0.05) is 11.6 Å². The lowest BCUT2D eigenvalue weighted by atomic mass is 10.2. The van der Waals surface area contributed by atoms with Crippen molar-refractivity contribution in [3.8, 4) is 0 Å². The molecule has 2 rings (SSSR count). The molecule has 1 aromatic heterocycles. The zero-order valence-corrected chi connectivity index (χ0v) is 12.0. The summed E-state index contributed by atoms with van der Waals surface area (Å²) in [5.74, 6) is 0.120. The summed E-state index contributed by atoms with van der Waals surface area (Å²) in [6, 6.07) is 3.92. The largest absolute Gasteiger partial charge is 0.334 e. The van der Waals surface area contributed by atoms with Gasteiger partial charge in [0, 0.05) is 19.1 Å². The molecule has 6 heteroatoms. The Balaban J connectivity index is 0.00000144. The van der Waals surface area contributed by atoms with Gasteiger partial charge in [0.05, 0.1) is 9.21 Å². The van der Waals surface area contributed by atoms with E-state index in [0.717, 1.165) is 30.8 Å². The average Bonchev–Trinajstić information content (AvgIpc) is 2.87. The predicted octanol–water partition coefficient (Wildman–Crippen LogP) is 2.65. The number of nitrogens with one attached hydrogen (secondary N) is 1. The Morgan fingerprint density at radius 3 is 3.00 bits per heavy atom. The summed E-state index contributed by atoms with van der Waals surface area (Å²) < 4.78 is 0.674. The SMILES string of the molecule is CNCC1CCCN1C(=O)c1ccc(Cl)s1.Cl. The van der Waals surface area contributed by atoms with E-state index in [4.69, 9.17) is 11.6 Å². The van der Waals surface area contributed by atoms with Crippen LogP contribution in [0, 0.1) is 0 Å². The first-order valence-electron chi connectivity index (χ1n) is 5.43. The van der Waals surface area contributed by atoms with Gasteiger partial charge in [0.15, 0.2) is 0 Å². The van der Waals surface area contributed by atoms with Crippen molar-refractivity contribution in [3.63, 3.8) is 0 Å². The number of nitrogens with zero attached hydrogens (tertiary/aromatic N) is 1. The maximum Gasteiger partial charge on any atom is 0.264 e. The van der Waals surface area contributed by atoms with E-state index < -0.39 is 0 Å². The highest BCUT2D eigenvalue weighted by Crippen LogP contribution is 2.26. The second kappa shape index (κ2) is 6.59. The lowest BCUT2D eigenvalue weighted by molar-refractivity contribution is 0.0742. The average molecular weight is 295 g/mol. The van der Waals surface area contributed by atoms with E-state index in [1.807, 2.05) is 18.0 Å². The van der Waals surface area contributed by atoms with Gasteiger partial charge in [0.2, 0.25) is 0 Å². The minimum absolute atomic E-state index is 0. The summed E-state index contributed by atoms with van der Waals surface area (Å²) in [5, 5.41) is 3.13. The standard InChI is InChI=1S/C11H15ClN2OS.ClH/c1-13-7-8-3-2-6-14(8)11(15)9-4-5-10(12)16-9;/h4-5,8,13H,2-3,6-7H2,1H3;1H. The summed E-state index contributed by atoms with van der Waals surface area (Å²) in [6.45, 7) is 1.73. The summed E-state index contributed by atoms with van der Waals surface area (Å²) >= 11 is 7.20. The van der Waals surface area contributed by atoms with Crippen LogP contribution >= 0.6 is 35.3 Å². The van der Waals surface area contributed by atoms with Gasteiger partial charge in [-0.25, -0.2) is 0 Å². The predicted molar refractivity (Wildman–Crippen MR) is 74.6 cm³/mol. The van der Waals surface area contributed by atoms with Crippen LogP contribution in [0.4, 0.5) is 0 Å². The molecule has 0 saturated carbocycles. The third-order valence-electron chi connectivity index (χ3n) is 2.86. The van der Waals surface area contributed by atoms with E-state index in [1.165, 1.54) is 11.3 Å². The number of hydrogen-bond acceptors (Lipinski definition) is 3. The molecule has 96 valence electrons. The van der Waals surface area contributed by atoms with E-state index in [-0.39, 0.29) is 18.3 Å². The molecule has 1 aliphatic rings. The number of rotatable bonds is 3. The van der Waals surface area contributed by atoms with Gasteiger partial charge in [-0.2, -0.15) is 0 Å². The quantitative estimate of drug-likeness (QED) is 0.930. The zero-order chi connectivity index (χ0) is 11.5. The maximum absolute atomic E-state index is 12.2. The Morgan fingerprint density at radius 1 is 1.65 bits per heavy atom. The number of likely N-dealkylation sites (N-methyl/N-ethyl adjacent to an activating group) is 1. The molecule has 0 spiro atoms.